The molecule has 9 heteroatoms. The number of nitrogen functional groups attached to an aromatic ring is 1. The molecule has 3 atom stereocenters. The molecule has 3 fully saturated rings. The predicted molar refractivity (Wildman–Crippen MR) is 121 cm³/mol. The highest BCUT2D eigenvalue weighted by Crippen LogP contribution is 2.64. The molecule has 3 unspecified atom stereocenters. The van der Waals surface area contributed by atoms with E-state index in [0.29, 0.717) is 29.4 Å². The van der Waals surface area contributed by atoms with E-state index in [4.69, 9.17) is 15.6 Å². The third kappa shape index (κ3) is 4.45. The largest absolute Gasteiger partial charge is 0.431 e. The van der Waals surface area contributed by atoms with Crippen molar-refractivity contribution in [2.75, 3.05) is 32.0 Å². The molecule has 2 aromatic heterocycles. The molecule has 180 valence electrons. The van der Waals surface area contributed by atoms with Crippen molar-refractivity contribution in [3.8, 4) is 17.0 Å². The fourth-order valence-corrected chi connectivity index (χ4v) is 5.79. The van der Waals surface area contributed by atoms with Crippen LogP contribution >= 0.6 is 0 Å². The maximum Gasteiger partial charge on any atom is 0.387 e. The summed E-state index contributed by atoms with van der Waals surface area (Å²) in [5.41, 5.74) is 8.33. The smallest absolute Gasteiger partial charge is 0.387 e. The van der Waals surface area contributed by atoms with Crippen molar-refractivity contribution in [1.82, 2.24) is 19.7 Å². The summed E-state index contributed by atoms with van der Waals surface area (Å²) in [6, 6.07) is 4.54. The number of hydrogen-bond acceptors (Lipinski definition) is 6. The summed E-state index contributed by atoms with van der Waals surface area (Å²) in [6.45, 7) is 5.26. The number of nitrogens with two attached hydrogens (primary N) is 1. The molecule has 0 aromatic carbocycles. The van der Waals surface area contributed by atoms with Gasteiger partial charge in [-0.25, -0.2) is 4.98 Å². The Morgan fingerprint density at radius 2 is 2.00 bits per heavy atom. The number of halogens is 2. The van der Waals surface area contributed by atoms with E-state index in [2.05, 4.69) is 39.2 Å². The van der Waals surface area contributed by atoms with Crippen LogP contribution in [0.15, 0.2) is 18.3 Å². The van der Waals surface area contributed by atoms with Crippen molar-refractivity contribution < 1.29 is 18.3 Å². The number of ether oxygens (including phenoxy) is 2. The fourth-order valence-electron chi connectivity index (χ4n) is 5.79. The van der Waals surface area contributed by atoms with Crippen molar-refractivity contribution in [3.63, 3.8) is 0 Å². The van der Waals surface area contributed by atoms with Crippen LogP contribution in [0.5, 0.6) is 5.75 Å². The zero-order valence-electron chi connectivity index (χ0n) is 19.3. The van der Waals surface area contributed by atoms with Gasteiger partial charge in [-0.2, -0.15) is 13.9 Å². The summed E-state index contributed by atoms with van der Waals surface area (Å²) in [5.74, 6) is 1.72. The van der Waals surface area contributed by atoms with E-state index in [9.17, 15) is 8.78 Å². The summed E-state index contributed by atoms with van der Waals surface area (Å²) in [5, 5.41) is 4.88. The Morgan fingerprint density at radius 3 is 2.73 bits per heavy atom. The van der Waals surface area contributed by atoms with Gasteiger partial charge in [0, 0.05) is 55.2 Å². The van der Waals surface area contributed by atoms with Gasteiger partial charge in [0.2, 0.25) is 0 Å². The Hall–Kier alpha value is -2.26. The molecular weight excluding hydrogens is 428 g/mol. The van der Waals surface area contributed by atoms with Gasteiger partial charge in [0.1, 0.15) is 0 Å². The number of nitrogens with zero attached hydrogens (tertiary/aromatic N) is 4. The highest BCUT2D eigenvalue weighted by atomic mass is 19.3. The Bertz CT molecular complexity index is 964. The highest BCUT2D eigenvalue weighted by molar-refractivity contribution is 5.64. The van der Waals surface area contributed by atoms with Gasteiger partial charge in [-0.1, -0.05) is 6.92 Å². The monoisotopic (exact) mass is 461 g/mol. The van der Waals surface area contributed by atoms with Gasteiger partial charge in [-0.3, -0.25) is 9.58 Å². The average Bonchev–Trinajstić information content (AvgIpc) is 3.14. The molecule has 2 aliphatic carbocycles. The lowest BCUT2D eigenvalue weighted by Gasteiger charge is -2.28. The number of rotatable bonds is 7. The SMILES string of the molecule is CCC(C)n1nc(-c2cnc(N)c(OC(F)F)c2)cc1C1C2CC(N3CCCOCC3)CC21. The lowest BCUT2D eigenvalue weighted by Crippen LogP contribution is -2.36. The van der Waals surface area contributed by atoms with Gasteiger partial charge >= 0.3 is 6.61 Å². The number of pyridine rings is 1. The Kier molecular flexibility index (Phi) is 6.26. The second-order valence-electron chi connectivity index (χ2n) is 9.62. The summed E-state index contributed by atoms with van der Waals surface area (Å²) >= 11 is 0. The standard InChI is InChI=1S/C24H33F2N5O2/c1-3-14(2)31-20(12-19(29-31)15-9-21(33-24(25)26)23(27)28-13-15)22-17-10-16(11-18(17)22)30-5-4-7-32-8-6-30/h9,12-14,16-18,22,24H,3-8,10-11H2,1-2H3,(H2,27,28). The summed E-state index contributed by atoms with van der Waals surface area (Å²) < 4.78 is 37.8. The van der Waals surface area contributed by atoms with Gasteiger partial charge in [-0.15, -0.1) is 0 Å². The van der Waals surface area contributed by atoms with Crippen LogP contribution in [-0.4, -0.2) is 58.6 Å². The van der Waals surface area contributed by atoms with Crippen LogP contribution in [-0.2, 0) is 4.74 Å². The third-order valence-corrected chi connectivity index (χ3v) is 7.70. The van der Waals surface area contributed by atoms with Crippen LogP contribution in [0.25, 0.3) is 11.3 Å². The minimum atomic E-state index is -2.95. The molecule has 2 aromatic rings. The van der Waals surface area contributed by atoms with E-state index in [-0.39, 0.29) is 17.6 Å². The van der Waals surface area contributed by atoms with Gasteiger partial charge in [-0.05, 0) is 56.6 Å². The van der Waals surface area contributed by atoms with Crippen molar-refractivity contribution in [2.45, 2.75) is 64.1 Å². The van der Waals surface area contributed by atoms with Crippen molar-refractivity contribution in [1.29, 1.82) is 0 Å². The van der Waals surface area contributed by atoms with Gasteiger partial charge in [0.05, 0.1) is 12.3 Å². The second-order valence-corrected chi connectivity index (χ2v) is 9.62. The lowest BCUT2D eigenvalue weighted by molar-refractivity contribution is -0.0494. The van der Waals surface area contributed by atoms with E-state index < -0.39 is 6.61 Å². The molecule has 0 spiro atoms. The van der Waals surface area contributed by atoms with E-state index in [1.54, 1.807) is 6.20 Å². The molecular formula is C24H33F2N5O2. The van der Waals surface area contributed by atoms with E-state index >= 15 is 0 Å². The van der Waals surface area contributed by atoms with Crippen LogP contribution in [0.3, 0.4) is 0 Å². The normalized spacial score (nSPS) is 28.5. The summed E-state index contributed by atoms with van der Waals surface area (Å²) in [7, 11) is 0. The number of alkyl halides is 2. The topological polar surface area (TPSA) is 78.4 Å². The third-order valence-electron chi connectivity index (χ3n) is 7.70. The van der Waals surface area contributed by atoms with Crippen molar-refractivity contribution in [3.05, 3.63) is 24.0 Å². The minimum absolute atomic E-state index is 0.0534. The zero-order chi connectivity index (χ0) is 23.1. The Balaban J connectivity index is 1.36. The molecule has 0 radical (unpaired) electrons. The minimum Gasteiger partial charge on any atom is -0.431 e. The number of anilines is 1. The molecule has 3 aliphatic rings. The molecule has 2 N–H and O–H groups in total. The number of fused-ring (bicyclic) bond motifs is 1. The second kappa shape index (κ2) is 9.18. The highest BCUT2D eigenvalue weighted by Gasteiger charge is 2.58. The van der Waals surface area contributed by atoms with Crippen LogP contribution in [0.1, 0.15) is 57.2 Å². The Labute approximate surface area is 193 Å². The maximum atomic E-state index is 12.8. The van der Waals surface area contributed by atoms with Crippen LogP contribution in [0, 0.1) is 11.8 Å². The molecule has 7 nitrogen and oxygen atoms in total. The first-order valence-electron chi connectivity index (χ1n) is 12.1. The molecule has 5 rings (SSSR count). The van der Waals surface area contributed by atoms with Gasteiger partial charge in [0.15, 0.2) is 11.6 Å². The van der Waals surface area contributed by atoms with Gasteiger partial charge in [0.25, 0.3) is 0 Å². The van der Waals surface area contributed by atoms with Crippen LogP contribution < -0.4 is 10.5 Å². The number of aromatic nitrogens is 3. The fraction of sp³-hybridized carbons (Fsp3) is 0.667. The average molecular weight is 462 g/mol. The van der Waals surface area contributed by atoms with Gasteiger partial charge < -0.3 is 15.2 Å². The molecule has 1 saturated heterocycles. The maximum absolute atomic E-state index is 12.8. The lowest BCUT2D eigenvalue weighted by atomic mass is 10.0. The molecule has 2 saturated carbocycles. The Morgan fingerprint density at radius 1 is 1.21 bits per heavy atom. The summed E-state index contributed by atoms with van der Waals surface area (Å²) in [6.07, 6.45) is 6.11. The predicted octanol–water partition coefficient (Wildman–Crippen LogP) is 4.31. The van der Waals surface area contributed by atoms with Crippen LogP contribution in [0.2, 0.25) is 0 Å². The molecule has 1 aliphatic heterocycles. The molecule has 33 heavy (non-hydrogen) atoms. The molecule has 0 amide bonds. The first-order chi connectivity index (χ1) is 16.0. The number of hydrogen-bond donors (Lipinski definition) is 1. The van der Waals surface area contributed by atoms with E-state index in [1.165, 1.54) is 24.6 Å². The van der Waals surface area contributed by atoms with E-state index in [0.717, 1.165) is 44.8 Å². The van der Waals surface area contributed by atoms with E-state index in [1.807, 2.05) is 0 Å². The first-order valence-corrected chi connectivity index (χ1v) is 12.1. The molecule has 0 bridgehead atoms. The van der Waals surface area contributed by atoms with Crippen molar-refractivity contribution in [2.24, 2.45) is 11.8 Å². The molecule has 3 heterocycles. The quantitative estimate of drug-likeness (QED) is 0.662. The van der Waals surface area contributed by atoms with Crippen molar-refractivity contribution >= 4 is 5.82 Å². The van der Waals surface area contributed by atoms with Crippen LogP contribution in [0.4, 0.5) is 14.6 Å². The first kappa shape index (κ1) is 22.5. The summed E-state index contributed by atoms with van der Waals surface area (Å²) in [4.78, 5) is 6.68. The zero-order valence-corrected chi connectivity index (χ0v) is 19.3.